The Bertz CT molecular complexity index is 520. The van der Waals surface area contributed by atoms with Crippen LogP contribution >= 0.6 is 0 Å². The normalized spacial score (nSPS) is 10.6. The molecule has 0 fully saturated rings. The van der Waals surface area contributed by atoms with Crippen LogP contribution in [0.5, 0.6) is 5.75 Å². The number of methoxy groups -OCH3 is 1. The minimum Gasteiger partial charge on any atom is -0.497 e. The lowest BCUT2D eigenvalue weighted by Crippen LogP contribution is -2.18. The van der Waals surface area contributed by atoms with E-state index in [0.717, 1.165) is 36.8 Å². The van der Waals surface area contributed by atoms with Crippen LogP contribution in [0.15, 0.2) is 41.0 Å². The van der Waals surface area contributed by atoms with Gasteiger partial charge in [0.2, 0.25) is 0 Å². The molecule has 1 heterocycles. The van der Waals surface area contributed by atoms with Gasteiger partial charge in [0.25, 0.3) is 0 Å². The molecule has 0 aliphatic heterocycles. The first kappa shape index (κ1) is 14.5. The molecular weight excluding hydrogens is 252 g/mol. The molecule has 0 spiro atoms. The summed E-state index contributed by atoms with van der Waals surface area (Å²) >= 11 is 0. The minimum absolute atomic E-state index is 0.750. The van der Waals surface area contributed by atoms with Crippen LogP contribution in [0.4, 0.5) is 5.69 Å². The van der Waals surface area contributed by atoms with Crippen molar-refractivity contribution in [2.45, 2.75) is 20.0 Å². The Labute approximate surface area is 120 Å². The zero-order chi connectivity index (χ0) is 14.4. The van der Waals surface area contributed by atoms with Gasteiger partial charge in [0.05, 0.1) is 19.9 Å². The molecule has 1 aromatic carbocycles. The molecule has 0 unspecified atom stereocenters. The van der Waals surface area contributed by atoms with Crippen molar-refractivity contribution in [3.8, 4) is 5.75 Å². The monoisotopic (exact) mass is 274 g/mol. The smallest absolute Gasteiger partial charge is 0.127 e. The number of hydrogen-bond donors (Lipinski definition) is 1. The standard InChI is InChI=1S/C16H22N2O2/c1-4-17-11-13-9-10-20-16(13)12-18(2)14-5-7-15(19-3)8-6-14/h5-10,17H,4,11-12H2,1-3H3. The highest BCUT2D eigenvalue weighted by molar-refractivity contribution is 5.48. The molecule has 2 aromatic rings. The van der Waals surface area contributed by atoms with Gasteiger partial charge in [0.15, 0.2) is 0 Å². The predicted octanol–water partition coefficient (Wildman–Crippen LogP) is 3.03. The van der Waals surface area contributed by atoms with Crippen molar-refractivity contribution in [3.63, 3.8) is 0 Å². The Hall–Kier alpha value is -1.94. The third-order valence-electron chi connectivity index (χ3n) is 3.30. The van der Waals surface area contributed by atoms with Crippen molar-refractivity contribution in [2.75, 3.05) is 25.6 Å². The molecule has 0 saturated carbocycles. The van der Waals surface area contributed by atoms with Crippen LogP contribution in [0.3, 0.4) is 0 Å². The fourth-order valence-corrected chi connectivity index (χ4v) is 2.07. The maximum Gasteiger partial charge on any atom is 0.127 e. The molecule has 2 rings (SSSR count). The van der Waals surface area contributed by atoms with Crippen LogP contribution in [-0.2, 0) is 13.1 Å². The van der Waals surface area contributed by atoms with Crippen LogP contribution in [0, 0.1) is 0 Å². The number of nitrogens with one attached hydrogen (secondary N) is 1. The first-order chi connectivity index (χ1) is 9.74. The molecular formula is C16H22N2O2. The number of benzene rings is 1. The van der Waals surface area contributed by atoms with E-state index in [1.807, 2.05) is 30.3 Å². The Kier molecular flexibility index (Phi) is 5.07. The number of anilines is 1. The summed E-state index contributed by atoms with van der Waals surface area (Å²) in [6.45, 7) is 4.65. The third-order valence-corrected chi connectivity index (χ3v) is 3.30. The van der Waals surface area contributed by atoms with Gasteiger partial charge in [0.1, 0.15) is 11.5 Å². The average molecular weight is 274 g/mol. The van der Waals surface area contributed by atoms with Crippen molar-refractivity contribution in [2.24, 2.45) is 0 Å². The zero-order valence-electron chi connectivity index (χ0n) is 12.3. The molecule has 20 heavy (non-hydrogen) atoms. The number of hydrogen-bond acceptors (Lipinski definition) is 4. The summed E-state index contributed by atoms with van der Waals surface area (Å²) in [6, 6.07) is 10.1. The zero-order valence-corrected chi connectivity index (χ0v) is 12.3. The second-order valence-electron chi connectivity index (χ2n) is 4.70. The summed E-state index contributed by atoms with van der Waals surface area (Å²) in [6.07, 6.45) is 1.75. The number of nitrogens with zero attached hydrogens (tertiary/aromatic N) is 1. The highest BCUT2D eigenvalue weighted by Gasteiger charge is 2.09. The lowest BCUT2D eigenvalue weighted by Gasteiger charge is -2.19. The summed E-state index contributed by atoms with van der Waals surface area (Å²) in [5.74, 6) is 1.87. The van der Waals surface area contributed by atoms with Crippen molar-refractivity contribution in [1.29, 1.82) is 0 Å². The summed E-state index contributed by atoms with van der Waals surface area (Å²) in [7, 11) is 3.73. The lowest BCUT2D eigenvalue weighted by atomic mass is 10.2. The molecule has 4 nitrogen and oxygen atoms in total. The van der Waals surface area contributed by atoms with Crippen molar-refractivity contribution in [3.05, 3.63) is 47.9 Å². The molecule has 108 valence electrons. The molecule has 0 aliphatic rings. The Morgan fingerprint density at radius 1 is 1.20 bits per heavy atom. The van der Waals surface area contributed by atoms with Crippen molar-refractivity contribution in [1.82, 2.24) is 5.32 Å². The van der Waals surface area contributed by atoms with Crippen LogP contribution in [0.1, 0.15) is 18.2 Å². The van der Waals surface area contributed by atoms with Gasteiger partial charge in [-0.05, 0) is 36.9 Å². The average Bonchev–Trinajstić information content (AvgIpc) is 2.92. The van der Waals surface area contributed by atoms with E-state index < -0.39 is 0 Å². The highest BCUT2D eigenvalue weighted by atomic mass is 16.5. The van der Waals surface area contributed by atoms with Gasteiger partial charge in [-0.15, -0.1) is 0 Å². The van der Waals surface area contributed by atoms with Crippen molar-refractivity contribution >= 4 is 5.69 Å². The van der Waals surface area contributed by atoms with E-state index in [9.17, 15) is 0 Å². The maximum absolute atomic E-state index is 5.59. The molecule has 0 aliphatic carbocycles. The summed E-state index contributed by atoms with van der Waals surface area (Å²) < 4.78 is 10.8. The van der Waals surface area contributed by atoms with E-state index in [2.05, 4.69) is 24.2 Å². The molecule has 0 saturated heterocycles. The van der Waals surface area contributed by atoms with Crippen molar-refractivity contribution < 1.29 is 9.15 Å². The quantitative estimate of drug-likeness (QED) is 0.842. The Morgan fingerprint density at radius 2 is 1.95 bits per heavy atom. The first-order valence-corrected chi connectivity index (χ1v) is 6.85. The van der Waals surface area contributed by atoms with Gasteiger partial charge in [-0.1, -0.05) is 6.92 Å². The van der Waals surface area contributed by atoms with Gasteiger partial charge in [-0.2, -0.15) is 0 Å². The van der Waals surface area contributed by atoms with Gasteiger partial charge < -0.3 is 19.4 Å². The number of ether oxygens (including phenoxy) is 1. The number of furan rings is 1. The minimum atomic E-state index is 0.750. The molecule has 0 atom stereocenters. The molecule has 4 heteroatoms. The molecule has 0 amide bonds. The Morgan fingerprint density at radius 3 is 2.60 bits per heavy atom. The van der Waals surface area contributed by atoms with Crippen LogP contribution in [-0.4, -0.2) is 20.7 Å². The largest absolute Gasteiger partial charge is 0.497 e. The SMILES string of the molecule is CCNCc1ccoc1CN(C)c1ccc(OC)cc1. The van der Waals surface area contributed by atoms with Gasteiger partial charge in [-0.3, -0.25) is 0 Å². The van der Waals surface area contributed by atoms with Gasteiger partial charge in [0, 0.05) is 24.8 Å². The predicted molar refractivity (Wildman–Crippen MR) is 81.2 cm³/mol. The fraction of sp³-hybridized carbons (Fsp3) is 0.375. The van der Waals surface area contributed by atoms with E-state index in [1.165, 1.54) is 5.56 Å². The first-order valence-electron chi connectivity index (χ1n) is 6.85. The molecule has 1 N–H and O–H groups in total. The van der Waals surface area contributed by atoms with E-state index in [1.54, 1.807) is 13.4 Å². The second kappa shape index (κ2) is 7.01. The maximum atomic E-state index is 5.59. The topological polar surface area (TPSA) is 37.6 Å². The van der Waals surface area contributed by atoms with E-state index in [0.29, 0.717) is 0 Å². The van der Waals surface area contributed by atoms with E-state index in [-0.39, 0.29) is 0 Å². The molecule has 0 radical (unpaired) electrons. The third kappa shape index (κ3) is 3.54. The lowest BCUT2D eigenvalue weighted by molar-refractivity contribution is 0.415. The van der Waals surface area contributed by atoms with Crippen LogP contribution < -0.4 is 15.0 Å². The van der Waals surface area contributed by atoms with Gasteiger partial charge in [-0.25, -0.2) is 0 Å². The number of rotatable bonds is 7. The fourth-order valence-electron chi connectivity index (χ4n) is 2.07. The van der Waals surface area contributed by atoms with E-state index >= 15 is 0 Å². The van der Waals surface area contributed by atoms with Crippen LogP contribution in [0.25, 0.3) is 0 Å². The van der Waals surface area contributed by atoms with E-state index in [4.69, 9.17) is 9.15 Å². The summed E-state index contributed by atoms with van der Waals surface area (Å²) in [5.41, 5.74) is 2.35. The molecule has 0 bridgehead atoms. The summed E-state index contributed by atoms with van der Waals surface area (Å²) in [4.78, 5) is 2.16. The summed E-state index contributed by atoms with van der Waals surface area (Å²) in [5, 5.41) is 3.32. The van der Waals surface area contributed by atoms with Gasteiger partial charge >= 0.3 is 0 Å². The molecule has 1 aromatic heterocycles. The van der Waals surface area contributed by atoms with Crippen LogP contribution in [0.2, 0.25) is 0 Å². The highest BCUT2D eigenvalue weighted by Crippen LogP contribution is 2.21. The second-order valence-corrected chi connectivity index (χ2v) is 4.70. The Balaban J connectivity index is 2.03.